The molecule has 0 bridgehead atoms. The maximum Gasteiger partial charge on any atom is 0.160 e. The number of benzene rings is 2. The molecule has 0 saturated carbocycles. The highest BCUT2D eigenvalue weighted by atomic mass is 35.5. The van der Waals surface area contributed by atoms with Gasteiger partial charge in [0, 0.05) is 6.54 Å². The van der Waals surface area contributed by atoms with Crippen molar-refractivity contribution in [3.8, 4) is 11.5 Å². The molecular formula is C15H16ClNO2. The summed E-state index contributed by atoms with van der Waals surface area (Å²) in [5, 5.41) is 13.5. The van der Waals surface area contributed by atoms with Gasteiger partial charge in [-0.15, -0.1) is 0 Å². The lowest BCUT2D eigenvalue weighted by atomic mass is 10.1. The van der Waals surface area contributed by atoms with Crippen LogP contribution in [-0.4, -0.2) is 12.2 Å². The molecule has 0 fully saturated rings. The van der Waals surface area contributed by atoms with Crippen molar-refractivity contribution >= 4 is 17.3 Å². The number of hydrogen-bond donors (Lipinski definition) is 2. The van der Waals surface area contributed by atoms with E-state index in [0.29, 0.717) is 17.3 Å². The van der Waals surface area contributed by atoms with E-state index in [1.807, 2.05) is 31.2 Å². The highest BCUT2D eigenvalue weighted by Crippen LogP contribution is 2.28. The van der Waals surface area contributed by atoms with Gasteiger partial charge in [0.25, 0.3) is 0 Å². The second-order valence-corrected chi connectivity index (χ2v) is 4.70. The van der Waals surface area contributed by atoms with Crippen LogP contribution in [0.15, 0.2) is 36.4 Å². The fourth-order valence-electron chi connectivity index (χ4n) is 1.88. The maximum atomic E-state index is 9.54. The van der Waals surface area contributed by atoms with Crippen LogP contribution in [0.3, 0.4) is 0 Å². The summed E-state index contributed by atoms with van der Waals surface area (Å²) >= 11 is 6.15. The van der Waals surface area contributed by atoms with Crippen molar-refractivity contribution in [1.82, 2.24) is 0 Å². The predicted molar refractivity (Wildman–Crippen MR) is 78.2 cm³/mol. The zero-order valence-electron chi connectivity index (χ0n) is 10.9. The van der Waals surface area contributed by atoms with E-state index in [-0.39, 0.29) is 5.75 Å². The van der Waals surface area contributed by atoms with Crippen molar-refractivity contribution in [2.75, 3.05) is 12.4 Å². The van der Waals surface area contributed by atoms with Crippen molar-refractivity contribution in [2.24, 2.45) is 0 Å². The van der Waals surface area contributed by atoms with Gasteiger partial charge in [-0.1, -0.05) is 29.8 Å². The summed E-state index contributed by atoms with van der Waals surface area (Å²) in [5.74, 6) is 0.607. The molecule has 4 heteroatoms. The highest BCUT2D eigenvalue weighted by molar-refractivity contribution is 6.33. The largest absolute Gasteiger partial charge is 0.504 e. The van der Waals surface area contributed by atoms with Gasteiger partial charge in [-0.25, -0.2) is 0 Å². The number of nitrogens with one attached hydrogen (secondary N) is 1. The number of hydrogen-bond acceptors (Lipinski definition) is 3. The monoisotopic (exact) mass is 277 g/mol. The zero-order valence-corrected chi connectivity index (χ0v) is 11.7. The smallest absolute Gasteiger partial charge is 0.160 e. The number of halogens is 1. The predicted octanol–water partition coefficient (Wildman–Crippen LogP) is 3.97. The number of phenolic OH excluding ortho intramolecular Hbond substituents is 1. The Morgan fingerprint density at radius 3 is 2.74 bits per heavy atom. The molecule has 0 heterocycles. The van der Waals surface area contributed by atoms with Crippen LogP contribution >= 0.6 is 11.6 Å². The van der Waals surface area contributed by atoms with E-state index >= 15 is 0 Å². The molecule has 0 saturated heterocycles. The van der Waals surface area contributed by atoms with E-state index in [0.717, 1.165) is 16.8 Å². The van der Waals surface area contributed by atoms with Gasteiger partial charge >= 0.3 is 0 Å². The Balaban J connectivity index is 2.15. The quantitative estimate of drug-likeness (QED) is 0.888. The summed E-state index contributed by atoms with van der Waals surface area (Å²) in [7, 11) is 1.53. The Morgan fingerprint density at radius 1 is 1.26 bits per heavy atom. The summed E-state index contributed by atoms with van der Waals surface area (Å²) in [5.41, 5.74) is 3.03. The van der Waals surface area contributed by atoms with Crippen LogP contribution in [0, 0.1) is 6.92 Å². The summed E-state index contributed by atoms with van der Waals surface area (Å²) in [6.07, 6.45) is 0. The van der Waals surface area contributed by atoms with Crippen LogP contribution in [0.2, 0.25) is 5.02 Å². The van der Waals surface area contributed by atoms with Gasteiger partial charge in [-0.05, 0) is 36.2 Å². The SMILES string of the molecule is COc1cc(CNc2c(C)cccc2Cl)ccc1O. The number of phenols is 1. The number of anilines is 1. The summed E-state index contributed by atoms with van der Waals surface area (Å²) in [6.45, 7) is 2.62. The van der Waals surface area contributed by atoms with E-state index in [4.69, 9.17) is 16.3 Å². The Bertz CT molecular complexity index is 564. The summed E-state index contributed by atoms with van der Waals surface area (Å²) in [4.78, 5) is 0. The van der Waals surface area contributed by atoms with Gasteiger partial charge in [0.15, 0.2) is 11.5 Å². The van der Waals surface area contributed by atoms with Crippen LogP contribution in [0.25, 0.3) is 0 Å². The van der Waals surface area contributed by atoms with Gasteiger partial charge in [-0.3, -0.25) is 0 Å². The van der Waals surface area contributed by atoms with Crippen molar-refractivity contribution in [2.45, 2.75) is 13.5 Å². The van der Waals surface area contributed by atoms with E-state index in [1.165, 1.54) is 7.11 Å². The molecule has 2 N–H and O–H groups in total. The number of rotatable bonds is 4. The standard InChI is InChI=1S/C15H16ClNO2/c1-10-4-3-5-12(16)15(10)17-9-11-6-7-13(18)14(8-11)19-2/h3-8,17-18H,9H2,1-2H3. The minimum Gasteiger partial charge on any atom is -0.504 e. The molecule has 0 aliphatic rings. The third-order valence-corrected chi connectivity index (χ3v) is 3.25. The van der Waals surface area contributed by atoms with Crippen molar-refractivity contribution < 1.29 is 9.84 Å². The number of ether oxygens (including phenoxy) is 1. The molecule has 2 rings (SSSR count). The molecule has 0 spiro atoms. The average Bonchev–Trinajstić information content (AvgIpc) is 2.40. The fourth-order valence-corrected chi connectivity index (χ4v) is 2.17. The van der Waals surface area contributed by atoms with Crippen LogP contribution < -0.4 is 10.1 Å². The van der Waals surface area contributed by atoms with Crippen LogP contribution in [0.5, 0.6) is 11.5 Å². The molecule has 0 atom stereocenters. The third kappa shape index (κ3) is 3.12. The molecule has 2 aromatic rings. The molecule has 0 aliphatic heterocycles. The highest BCUT2D eigenvalue weighted by Gasteiger charge is 2.05. The molecule has 100 valence electrons. The average molecular weight is 278 g/mol. The maximum absolute atomic E-state index is 9.54. The molecule has 19 heavy (non-hydrogen) atoms. The molecule has 0 amide bonds. The van der Waals surface area contributed by atoms with E-state index in [2.05, 4.69) is 5.32 Å². The lowest BCUT2D eigenvalue weighted by Crippen LogP contribution is -2.02. The van der Waals surface area contributed by atoms with E-state index in [9.17, 15) is 5.11 Å². The number of aromatic hydroxyl groups is 1. The van der Waals surface area contributed by atoms with Crippen LogP contribution in [0.4, 0.5) is 5.69 Å². The molecule has 0 aliphatic carbocycles. The van der Waals surface area contributed by atoms with Gasteiger partial charge < -0.3 is 15.2 Å². The first-order valence-electron chi connectivity index (χ1n) is 5.96. The fraction of sp³-hybridized carbons (Fsp3) is 0.200. The molecule has 0 aromatic heterocycles. The zero-order chi connectivity index (χ0) is 13.8. The molecule has 0 radical (unpaired) electrons. The Morgan fingerprint density at radius 2 is 2.05 bits per heavy atom. The Hall–Kier alpha value is -1.87. The first-order valence-corrected chi connectivity index (χ1v) is 6.34. The second kappa shape index (κ2) is 5.85. The van der Waals surface area contributed by atoms with Crippen LogP contribution in [0.1, 0.15) is 11.1 Å². The second-order valence-electron chi connectivity index (χ2n) is 4.29. The third-order valence-electron chi connectivity index (χ3n) is 2.94. The minimum absolute atomic E-state index is 0.139. The van der Waals surface area contributed by atoms with Crippen molar-refractivity contribution in [3.05, 3.63) is 52.5 Å². The molecular weight excluding hydrogens is 262 g/mol. The van der Waals surface area contributed by atoms with Crippen LogP contribution in [-0.2, 0) is 6.54 Å². The van der Waals surface area contributed by atoms with Crippen molar-refractivity contribution in [3.63, 3.8) is 0 Å². The van der Waals surface area contributed by atoms with Gasteiger partial charge in [-0.2, -0.15) is 0 Å². The first-order chi connectivity index (χ1) is 9.11. The Kier molecular flexibility index (Phi) is 4.17. The molecule has 3 nitrogen and oxygen atoms in total. The molecule has 0 unspecified atom stereocenters. The number of aryl methyl sites for hydroxylation is 1. The summed E-state index contributed by atoms with van der Waals surface area (Å²) < 4.78 is 5.08. The van der Waals surface area contributed by atoms with Gasteiger partial charge in [0.1, 0.15) is 0 Å². The normalized spacial score (nSPS) is 10.3. The van der Waals surface area contributed by atoms with E-state index < -0.39 is 0 Å². The number of para-hydroxylation sites is 1. The lowest BCUT2D eigenvalue weighted by molar-refractivity contribution is 0.373. The van der Waals surface area contributed by atoms with Gasteiger partial charge in [0.05, 0.1) is 17.8 Å². The number of methoxy groups -OCH3 is 1. The van der Waals surface area contributed by atoms with Gasteiger partial charge in [0.2, 0.25) is 0 Å². The first kappa shape index (κ1) is 13.6. The lowest BCUT2D eigenvalue weighted by Gasteiger charge is -2.12. The van der Waals surface area contributed by atoms with Crippen molar-refractivity contribution in [1.29, 1.82) is 0 Å². The van der Waals surface area contributed by atoms with E-state index in [1.54, 1.807) is 12.1 Å². The minimum atomic E-state index is 0.139. The Labute approximate surface area is 117 Å². The molecule has 2 aromatic carbocycles. The summed E-state index contributed by atoms with van der Waals surface area (Å²) in [6, 6.07) is 11.0. The topological polar surface area (TPSA) is 41.5 Å².